The summed E-state index contributed by atoms with van der Waals surface area (Å²) in [7, 11) is 0. The highest BCUT2D eigenvalue weighted by molar-refractivity contribution is 9.10. The van der Waals surface area contributed by atoms with Gasteiger partial charge in [0.25, 0.3) is 0 Å². The molecule has 2 aliphatic rings. The van der Waals surface area contributed by atoms with E-state index in [1.54, 1.807) is 0 Å². The summed E-state index contributed by atoms with van der Waals surface area (Å²) in [4.78, 5) is 7.04. The summed E-state index contributed by atoms with van der Waals surface area (Å²) < 4.78 is 11.9. The predicted molar refractivity (Wildman–Crippen MR) is 83.0 cm³/mol. The number of ether oxygens (including phenoxy) is 2. The molecule has 1 aromatic rings. The first-order chi connectivity index (χ1) is 9.84. The van der Waals surface area contributed by atoms with Gasteiger partial charge < -0.3 is 14.4 Å². The topological polar surface area (TPSA) is 34.1 Å². The van der Waals surface area contributed by atoms with Gasteiger partial charge in [-0.15, -0.1) is 0 Å². The Hall–Kier alpha value is -1.07. The lowest BCUT2D eigenvalue weighted by atomic mass is 10.2. The summed E-state index contributed by atoms with van der Waals surface area (Å²) in [5.74, 6) is 1.59. The van der Waals surface area contributed by atoms with Crippen LogP contribution >= 0.6 is 15.9 Å². The van der Waals surface area contributed by atoms with Crippen molar-refractivity contribution in [1.29, 1.82) is 0 Å². The van der Waals surface area contributed by atoms with E-state index >= 15 is 0 Å². The van der Waals surface area contributed by atoms with Gasteiger partial charge in [0, 0.05) is 17.2 Å². The molecule has 4 nitrogen and oxygen atoms in total. The number of hydrogen-bond donors (Lipinski definition) is 0. The number of hydrogen-bond acceptors (Lipinski definition) is 4. The molecule has 2 heterocycles. The zero-order valence-electron chi connectivity index (χ0n) is 11.5. The highest BCUT2D eigenvalue weighted by atomic mass is 79.9. The molecule has 0 aromatic heterocycles. The van der Waals surface area contributed by atoms with Crippen LogP contribution in [-0.4, -0.2) is 44.1 Å². The molecule has 3 rings (SSSR count). The molecule has 0 unspecified atom stereocenters. The first kappa shape index (κ1) is 13.9. The van der Waals surface area contributed by atoms with Crippen molar-refractivity contribution in [1.82, 2.24) is 4.90 Å². The fourth-order valence-corrected chi connectivity index (χ4v) is 3.05. The van der Waals surface area contributed by atoms with Gasteiger partial charge in [0.2, 0.25) is 6.79 Å². The van der Waals surface area contributed by atoms with Crippen LogP contribution in [0.3, 0.4) is 0 Å². The molecule has 1 saturated heterocycles. The van der Waals surface area contributed by atoms with Gasteiger partial charge in [-0.1, -0.05) is 0 Å². The third-order valence-electron chi connectivity index (χ3n) is 3.71. The maximum Gasteiger partial charge on any atom is 0.231 e. The fourth-order valence-electron chi connectivity index (χ4n) is 2.64. The molecular weight excluding hydrogens is 320 g/mol. The number of benzene rings is 1. The molecule has 0 spiro atoms. The van der Waals surface area contributed by atoms with E-state index in [0.29, 0.717) is 6.79 Å². The van der Waals surface area contributed by atoms with Crippen LogP contribution in [0, 0.1) is 0 Å². The highest BCUT2D eigenvalue weighted by Crippen LogP contribution is 2.38. The van der Waals surface area contributed by atoms with Crippen molar-refractivity contribution in [2.24, 2.45) is 4.99 Å². The molecule has 1 aromatic carbocycles. The number of halogens is 1. The number of rotatable bonds is 5. The van der Waals surface area contributed by atoms with Crippen LogP contribution in [0.2, 0.25) is 0 Å². The fraction of sp³-hybridized carbons (Fsp3) is 0.533. The summed E-state index contributed by atoms with van der Waals surface area (Å²) in [5.41, 5.74) is 0.973. The molecule has 0 N–H and O–H groups in total. The number of nitrogens with zero attached hydrogens (tertiary/aromatic N) is 2. The predicted octanol–water partition coefficient (Wildman–Crippen LogP) is 3.08. The number of aliphatic imine (C=N–C) groups is 1. The lowest BCUT2D eigenvalue weighted by molar-refractivity contribution is 0.174. The molecule has 20 heavy (non-hydrogen) atoms. The molecule has 0 radical (unpaired) electrons. The maximum atomic E-state index is 5.50. The molecule has 2 aliphatic heterocycles. The zero-order valence-corrected chi connectivity index (χ0v) is 13.1. The Bertz CT molecular complexity index is 499. The second-order valence-corrected chi connectivity index (χ2v) is 5.99. The Morgan fingerprint density at radius 1 is 1.25 bits per heavy atom. The normalized spacial score (nSPS) is 18.2. The van der Waals surface area contributed by atoms with Crippen molar-refractivity contribution in [3.63, 3.8) is 0 Å². The molecule has 0 bridgehead atoms. The lowest BCUT2D eigenvalue weighted by Crippen LogP contribution is -2.20. The smallest absolute Gasteiger partial charge is 0.231 e. The minimum atomic E-state index is 0.293. The van der Waals surface area contributed by atoms with Crippen LogP contribution in [0.4, 0.5) is 0 Å². The second kappa shape index (κ2) is 6.59. The Morgan fingerprint density at radius 2 is 2.10 bits per heavy atom. The van der Waals surface area contributed by atoms with Gasteiger partial charge in [0.05, 0.1) is 5.56 Å². The van der Waals surface area contributed by atoms with Crippen LogP contribution in [0.5, 0.6) is 11.5 Å². The SMILES string of the molecule is Brc1ccc2c(c1C=NCCCN1CCCC1)OCO2. The summed E-state index contributed by atoms with van der Waals surface area (Å²) in [6.07, 6.45) is 5.70. The van der Waals surface area contributed by atoms with Crippen molar-refractivity contribution in [2.75, 3.05) is 33.0 Å². The van der Waals surface area contributed by atoms with Gasteiger partial charge in [-0.3, -0.25) is 4.99 Å². The van der Waals surface area contributed by atoms with Gasteiger partial charge in [-0.25, -0.2) is 0 Å². The molecule has 5 heteroatoms. The molecule has 108 valence electrons. The highest BCUT2D eigenvalue weighted by Gasteiger charge is 2.18. The molecule has 0 amide bonds. The molecular formula is C15H19BrN2O2. The first-order valence-corrected chi connectivity index (χ1v) is 7.94. The van der Waals surface area contributed by atoms with E-state index in [2.05, 4.69) is 25.8 Å². The molecule has 0 atom stereocenters. The summed E-state index contributed by atoms with van der Waals surface area (Å²) in [6, 6.07) is 3.89. The Morgan fingerprint density at radius 3 is 2.95 bits per heavy atom. The number of likely N-dealkylation sites (tertiary alicyclic amines) is 1. The van der Waals surface area contributed by atoms with Crippen LogP contribution in [0.15, 0.2) is 21.6 Å². The maximum absolute atomic E-state index is 5.50. The molecule has 0 saturated carbocycles. The van der Waals surface area contributed by atoms with Gasteiger partial charge in [-0.2, -0.15) is 0 Å². The van der Waals surface area contributed by atoms with E-state index in [4.69, 9.17) is 9.47 Å². The zero-order chi connectivity index (χ0) is 13.8. The van der Waals surface area contributed by atoms with Gasteiger partial charge in [-0.05, 0) is 67.0 Å². The molecule has 1 fully saturated rings. The third kappa shape index (κ3) is 3.15. The third-order valence-corrected chi connectivity index (χ3v) is 4.40. The Kier molecular flexibility index (Phi) is 4.58. The average molecular weight is 339 g/mol. The standard InChI is InChI=1S/C15H19BrN2O2/c16-13-4-5-14-15(20-11-19-14)12(13)10-17-6-3-9-18-7-1-2-8-18/h4-5,10H,1-3,6-9,11H2. The average Bonchev–Trinajstić information content (AvgIpc) is 3.11. The minimum Gasteiger partial charge on any atom is -0.454 e. The largest absolute Gasteiger partial charge is 0.454 e. The van der Waals surface area contributed by atoms with E-state index in [-0.39, 0.29) is 0 Å². The first-order valence-electron chi connectivity index (χ1n) is 7.15. The van der Waals surface area contributed by atoms with Crippen molar-refractivity contribution < 1.29 is 9.47 Å². The van der Waals surface area contributed by atoms with Crippen molar-refractivity contribution >= 4 is 22.1 Å². The number of fused-ring (bicyclic) bond motifs is 1. The monoisotopic (exact) mass is 338 g/mol. The van der Waals surface area contributed by atoms with E-state index in [0.717, 1.165) is 41.0 Å². The van der Waals surface area contributed by atoms with Crippen LogP contribution < -0.4 is 9.47 Å². The van der Waals surface area contributed by atoms with Gasteiger partial charge in [0.1, 0.15) is 0 Å². The second-order valence-electron chi connectivity index (χ2n) is 5.13. The van der Waals surface area contributed by atoms with Gasteiger partial charge >= 0.3 is 0 Å². The quantitative estimate of drug-likeness (QED) is 0.611. The summed E-state index contributed by atoms with van der Waals surface area (Å²) in [5, 5.41) is 0. The Balaban J connectivity index is 1.54. The van der Waals surface area contributed by atoms with Crippen molar-refractivity contribution in [3.05, 3.63) is 22.2 Å². The van der Waals surface area contributed by atoms with Crippen LogP contribution in [-0.2, 0) is 0 Å². The van der Waals surface area contributed by atoms with Crippen LogP contribution in [0.25, 0.3) is 0 Å². The summed E-state index contributed by atoms with van der Waals surface area (Å²) in [6.45, 7) is 4.82. The van der Waals surface area contributed by atoms with Gasteiger partial charge in [0.15, 0.2) is 11.5 Å². The van der Waals surface area contributed by atoms with E-state index in [1.165, 1.54) is 25.9 Å². The summed E-state index contributed by atoms with van der Waals surface area (Å²) >= 11 is 3.54. The van der Waals surface area contributed by atoms with Crippen molar-refractivity contribution in [3.8, 4) is 11.5 Å². The lowest BCUT2D eigenvalue weighted by Gasteiger charge is -2.12. The van der Waals surface area contributed by atoms with E-state index < -0.39 is 0 Å². The van der Waals surface area contributed by atoms with Crippen LogP contribution in [0.1, 0.15) is 24.8 Å². The van der Waals surface area contributed by atoms with Crippen molar-refractivity contribution in [2.45, 2.75) is 19.3 Å². The van der Waals surface area contributed by atoms with E-state index in [1.807, 2.05) is 18.3 Å². The Labute approximate surface area is 127 Å². The van der Waals surface area contributed by atoms with E-state index in [9.17, 15) is 0 Å². The molecule has 0 aliphatic carbocycles. The minimum absolute atomic E-state index is 0.293.